The van der Waals surface area contributed by atoms with Gasteiger partial charge in [-0.3, -0.25) is 0 Å². The second kappa shape index (κ2) is 6.56. The lowest BCUT2D eigenvalue weighted by Crippen LogP contribution is -1.88. The van der Waals surface area contributed by atoms with Crippen LogP contribution in [0.5, 0.6) is 0 Å². The van der Waals surface area contributed by atoms with Gasteiger partial charge in [-0.25, -0.2) is 4.98 Å². The van der Waals surface area contributed by atoms with Gasteiger partial charge in [0.2, 0.25) is 5.89 Å². The number of halogens is 1. The zero-order chi connectivity index (χ0) is 14.5. The second-order valence-corrected chi connectivity index (χ2v) is 5.56. The van der Waals surface area contributed by atoms with Crippen LogP contribution in [0.25, 0.3) is 10.8 Å². The van der Waals surface area contributed by atoms with Crippen LogP contribution in [0.2, 0.25) is 5.02 Å². The summed E-state index contributed by atoms with van der Waals surface area (Å²) in [6, 6.07) is 11.2. The van der Waals surface area contributed by atoms with Crippen molar-refractivity contribution >= 4 is 29.2 Å². The first-order valence-corrected chi connectivity index (χ1v) is 7.46. The largest absolute Gasteiger partial charge is 0.443 e. The Morgan fingerprint density at radius 1 is 1.29 bits per heavy atom. The first-order valence-electron chi connectivity index (χ1n) is 6.20. The van der Waals surface area contributed by atoms with Crippen molar-refractivity contribution in [2.24, 2.45) is 5.16 Å². The quantitative estimate of drug-likeness (QED) is 0.510. The summed E-state index contributed by atoms with van der Waals surface area (Å²) >= 11 is 7.38. The molecule has 0 aliphatic heterocycles. The van der Waals surface area contributed by atoms with Crippen LogP contribution in [0.1, 0.15) is 11.3 Å². The van der Waals surface area contributed by atoms with Crippen LogP contribution in [0.15, 0.2) is 57.6 Å². The van der Waals surface area contributed by atoms with Crippen molar-refractivity contribution in [2.45, 2.75) is 6.61 Å². The summed E-state index contributed by atoms with van der Waals surface area (Å²) in [5.41, 5.74) is 1.62. The molecule has 0 atom stereocenters. The maximum absolute atomic E-state index is 5.80. The van der Waals surface area contributed by atoms with Crippen LogP contribution >= 0.6 is 22.9 Å². The minimum atomic E-state index is 0.263. The molecular weight excluding hydrogens is 308 g/mol. The van der Waals surface area contributed by atoms with E-state index < -0.39 is 0 Å². The summed E-state index contributed by atoms with van der Waals surface area (Å²) in [6.07, 6.45) is 3.20. The van der Waals surface area contributed by atoms with Gasteiger partial charge in [-0.15, -0.1) is 11.3 Å². The van der Waals surface area contributed by atoms with E-state index in [1.165, 1.54) is 0 Å². The van der Waals surface area contributed by atoms with Crippen molar-refractivity contribution in [3.63, 3.8) is 0 Å². The van der Waals surface area contributed by atoms with Crippen LogP contribution in [0, 0.1) is 0 Å². The van der Waals surface area contributed by atoms with Crippen molar-refractivity contribution < 1.29 is 9.25 Å². The number of benzene rings is 1. The molecule has 0 aliphatic rings. The maximum Gasteiger partial charge on any atom is 0.236 e. The zero-order valence-electron chi connectivity index (χ0n) is 10.9. The lowest BCUT2D eigenvalue weighted by atomic mass is 10.2. The van der Waals surface area contributed by atoms with Gasteiger partial charge in [-0.1, -0.05) is 35.0 Å². The Kier molecular flexibility index (Phi) is 4.33. The molecule has 106 valence electrons. The van der Waals surface area contributed by atoms with Crippen LogP contribution in [-0.2, 0) is 11.4 Å². The number of hydrogen-bond acceptors (Lipinski definition) is 5. The third kappa shape index (κ3) is 3.71. The number of rotatable bonds is 5. The lowest BCUT2D eigenvalue weighted by Gasteiger charge is -1.95. The molecule has 2 heterocycles. The van der Waals surface area contributed by atoms with E-state index in [2.05, 4.69) is 10.1 Å². The molecule has 6 heteroatoms. The molecule has 0 fully saturated rings. The molecule has 0 saturated heterocycles. The lowest BCUT2D eigenvalue weighted by molar-refractivity contribution is 0.129. The Balaban J connectivity index is 1.55. The highest BCUT2D eigenvalue weighted by atomic mass is 35.5. The molecule has 4 nitrogen and oxygen atoms in total. The number of thiophene rings is 1. The van der Waals surface area contributed by atoms with E-state index >= 15 is 0 Å². The highest BCUT2D eigenvalue weighted by Crippen LogP contribution is 2.23. The molecule has 1 aromatic carbocycles. The second-order valence-electron chi connectivity index (χ2n) is 4.18. The van der Waals surface area contributed by atoms with E-state index in [1.54, 1.807) is 35.9 Å². The van der Waals surface area contributed by atoms with Crippen molar-refractivity contribution in [1.29, 1.82) is 0 Å². The van der Waals surface area contributed by atoms with Crippen molar-refractivity contribution in [3.8, 4) is 10.8 Å². The number of oxazole rings is 1. The summed E-state index contributed by atoms with van der Waals surface area (Å²) in [5, 5.41) is 6.56. The molecule has 0 amide bonds. The van der Waals surface area contributed by atoms with E-state index in [1.807, 2.05) is 29.6 Å². The SMILES string of the molecule is Clc1ccc(/C=N\OCc2coc(-c3cccs3)n2)cc1. The zero-order valence-corrected chi connectivity index (χ0v) is 12.5. The average molecular weight is 319 g/mol. The van der Waals surface area contributed by atoms with E-state index in [0.29, 0.717) is 16.6 Å². The smallest absolute Gasteiger partial charge is 0.236 e. The Bertz CT molecular complexity index is 720. The van der Waals surface area contributed by atoms with Crippen molar-refractivity contribution in [1.82, 2.24) is 4.98 Å². The molecule has 2 aromatic heterocycles. The molecule has 0 radical (unpaired) electrons. The fraction of sp³-hybridized carbons (Fsp3) is 0.0667. The van der Waals surface area contributed by atoms with Crippen LogP contribution in [-0.4, -0.2) is 11.2 Å². The van der Waals surface area contributed by atoms with Crippen LogP contribution in [0.3, 0.4) is 0 Å². The van der Waals surface area contributed by atoms with Gasteiger partial charge >= 0.3 is 0 Å². The maximum atomic E-state index is 5.80. The van der Waals surface area contributed by atoms with Crippen LogP contribution < -0.4 is 0 Å². The van der Waals surface area contributed by atoms with Gasteiger partial charge in [0.15, 0.2) is 6.61 Å². The Labute approximate surface area is 130 Å². The molecule has 0 N–H and O–H groups in total. The van der Waals surface area contributed by atoms with Crippen LogP contribution in [0.4, 0.5) is 0 Å². The van der Waals surface area contributed by atoms with Gasteiger partial charge < -0.3 is 9.25 Å². The molecule has 0 saturated carbocycles. The minimum absolute atomic E-state index is 0.263. The standard InChI is InChI=1S/C15H11ClN2O2S/c16-12-5-3-11(4-6-12)8-17-20-10-13-9-19-15(18-13)14-2-1-7-21-14/h1-9H,10H2/b17-8-. The van der Waals surface area contributed by atoms with Crippen molar-refractivity contribution in [3.05, 3.63) is 64.3 Å². The average Bonchev–Trinajstić information content (AvgIpc) is 3.16. The fourth-order valence-electron chi connectivity index (χ4n) is 1.64. The topological polar surface area (TPSA) is 47.6 Å². The summed E-state index contributed by atoms with van der Waals surface area (Å²) in [7, 11) is 0. The number of oxime groups is 1. The molecular formula is C15H11ClN2O2S. The fourth-order valence-corrected chi connectivity index (χ4v) is 2.42. The monoisotopic (exact) mass is 318 g/mol. The Hall–Kier alpha value is -2.11. The van der Waals surface area contributed by atoms with Gasteiger partial charge in [0, 0.05) is 5.02 Å². The highest BCUT2D eigenvalue weighted by molar-refractivity contribution is 7.13. The minimum Gasteiger partial charge on any atom is -0.443 e. The van der Waals surface area contributed by atoms with E-state index in [0.717, 1.165) is 10.4 Å². The Morgan fingerprint density at radius 3 is 2.90 bits per heavy atom. The summed E-state index contributed by atoms with van der Waals surface area (Å²) in [5.74, 6) is 0.602. The third-order valence-corrected chi connectivity index (χ3v) is 3.75. The summed E-state index contributed by atoms with van der Waals surface area (Å²) in [6.45, 7) is 0.263. The van der Waals surface area contributed by atoms with E-state index in [-0.39, 0.29) is 6.61 Å². The van der Waals surface area contributed by atoms with E-state index in [4.69, 9.17) is 20.9 Å². The summed E-state index contributed by atoms with van der Waals surface area (Å²) < 4.78 is 5.39. The molecule has 21 heavy (non-hydrogen) atoms. The van der Waals surface area contributed by atoms with Gasteiger partial charge in [-0.2, -0.15) is 0 Å². The van der Waals surface area contributed by atoms with E-state index in [9.17, 15) is 0 Å². The normalized spacial score (nSPS) is 11.1. The van der Waals surface area contributed by atoms with Gasteiger partial charge in [0.25, 0.3) is 0 Å². The molecule has 0 aliphatic carbocycles. The molecule has 0 spiro atoms. The number of nitrogens with zero attached hydrogens (tertiary/aromatic N) is 2. The van der Waals surface area contributed by atoms with Gasteiger partial charge in [-0.05, 0) is 29.1 Å². The predicted molar refractivity (Wildman–Crippen MR) is 83.7 cm³/mol. The summed E-state index contributed by atoms with van der Waals surface area (Å²) in [4.78, 5) is 10.5. The number of hydrogen-bond donors (Lipinski definition) is 0. The molecule has 3 aromatic rings. The number of aromatic nitrogens is 1. The first kappa shape index (κ1) is 13.9. The molecule has 3 rings (SSSR count). The predicted octanol–water partition coefficient (Wildman–Crippen LogP) is 4.61. The molecule has 0 unspecified atom stereocenters. The Morgan fingerprint density at radius 2 is 2.14 bits per heavy atom. The third-order valence-electron chi connectivity index (χ3n) is 2.64. The first-order chi connectivity index (χ1) is 10.3. The van der Waals surface area contributed by atoms with Gasteiger partial charge in [0.05, 0.1) is 11.1 Å². The van der Waals surface area contributed by atoms with Gasteiger partial charge in [0.1, 0.15) is 12.0 Å². The molecule has 0 bridgehead atoms. The van der Waals surface area contributed by atoms with Crippen molar-refractivity contribution in [2.75, 3.05) is 0 Å². The highest BCUT2D eigenvalue weighted by Gasteiger charge is 2.07.